The van der Waals surface area contributed by atoms with E-state index in [-0.39, 0.29) is 16.8 Å². The Hall–Kier alpha value is -0.870. The first-order valence-electron chi connectivity index (χ1n) is 6.70. The van der Waals surface area contributed by atoms with Gasteiger partial charge in [0.25, 0.3) is 0 Å². The van der Waals surface area contributed by atoms with Crippen LogP contribution in [-0.4, -0.2) is 18.6 Å². The van der Waals surface area contributed by atoms with Gasteiger partial charge in [-0.3, -0.25) is 0 Å². The molecule has 2 unspecified atom stereocenters. The van der Waals surface area contributed by atoms with Crippen LogP contribution in [0.5, 0.6) is 0 Å². The average molecular weight is 289 g/mol. The predicted octanol–water partition coefficient (Wildman–Crippen LogP) is 3.95. The predicted molar refractivity (Wildman–Crippen MR) is 74.7 cm³/mol. The molecule has 106 valence electrons. The van der Waals surface area contributed by atoms with Gasteiger partial charge in [-0.2, -0.15) is 0 Å². The molecule has 1 aliphatic heterocycles. The maximum atomic E-state index is 13.6. The molecular weight excluding hydrogens is 270 g/mol. The zero-order valence-corrected chi connectivity index (χ0v) is 11.7. The Labute approximate surface area is 117 Å². The van der Waals surface area contributed by atoms with Crippen molar-refractivity contribution in [1.82, 2.24) is 5.32 Å². The summed E-state index contributed by atoms with van der Waals surface area (Å²) in [5.74, 6) is -1.30. The maximum absolute atomic E-state index is 13.6. The third kappa shape index (κ3) is 4.05. The molecule has 0 amide bonds. The summed E-state index contributed by atoms with van der Waals surface area (Å²) in [6.45, 7) is 3.03. The molecule has 0 spiro atoms. The van der Waals surface area contributed by atoms with E-state index in [4.69, 9.17) is 11.6 Å². The fourth-order valence-electron chi connectivity index (χ4n) is 2.54. The van der Waals surface area contributed by atoms with Crippen LogP contribution in [0.1, 0.15) is 32.6 Å². The molecule has 2 N–H and O–H groups in total. The van der Waals surface area contributed by atoms with Crippen LogP contribution in [0, 0.1) is 11.6 Å². The lowest BCUT2D eigenvalue weighted by atomic mass is 9.98. The summed E-state index contributed by atoms with van der Waals surface area (Å²) in [5.41, 5.74) is 0.186. The fraction of sp³-hybridized carbons (Fsp3) is 0.571. The molecular formula is C14H19ClF2N2. The van der Waals surface area contributed by atoms with E-state index in [9.17, 15) is 8.78 Å². The van der Waals surface area contributed by atoms with Crippen LogP contribution in [0.15, 0.2) is 12.1 Å². The SMILES string of the molecule is CC(CC1CCCCN1)Nc1c(F)cc(F)cc1Cl. The van der Waals surface area contributed by atoms with Gasteiger partial charge in [0.15, 0.2) is 5.82 Å². The molecule has 1 heterocycles. The second-order valence-electron chi connectivity index (χ2n) is 5.17. The van der Waals surface area contributed by atoms with Crippen molar-refractivity contribution in [3.63, 3.8) is 0 Å². The molecule has 1 aliphatic rings. The quantitative estimate of drug-likeness (QED) is 0.876. The van der Waals surface area contributed by atoms with Gasteiger partial charge < -0.3 is 10.6 Å². The molecule has 5 heteroatoms. The van der Waals surface area contributed by atoms with Crippen molar-refractivity contribution in [2.75, 3.05) is 11.9 Å². The molecule has 19 heavy (non-hydrogen) atoms. The molecule has 1 saturated heterocycles. The Morgan fingerprint density at radius 1 is 1.42 bits per heavy atom. The second-order valence-corrected chi connectivity index (χ2v) is 5.58. The van der Waals surface area contributed by atoms with Gasteiger partial charge in [-0.05, 0) is 38.8 Å². The van der Waals surface area contributed by atoms with Crippen LogP contribution in [0.2, 0.25) is 5.02 Å². The van der Waals surface area contributed by atoms with Crippen molar-refractivity contribution < 1.29 is 8.78 Å². The van der Waals surface area contributed by atoms with Crippen molar-refractivity contribution in [1.29, 1.82) is 0 Å². The van der Waals surface area contributed by atoms with Crippen molar-refractivity contribution in [3.05, 3.63) is 28.8 Å². The molecule has 0 bridgehead atoms. The number of halogens is 3. The van der Waals surface area contributed by atoms with Crippen LogP contribution >= 0.6 is 11.6 Å². The minimum Gasteiger partial charge on any atom is -0.379 e. The standard InChI is InChI=1S/C14H19ClF2N2/c1-9(6-11-4-2-3-5-18-11)19-14-12(15)7-10(16)8-13(14)17/h7-9,11,18-19H,2-6H2,1H3. The van der Waals surface area contributed by atoms with Crippen LogP contribution in [0.4, 0.5) is 14.5 Å². The van der Waals surface area contributed by atoms with E-state index < -0.39 is 11.6 Å². The Balaban J connectivity index is 1.96. The smallest absolute Gasteiger partial charge is 0.150 e. The summed E-state index contributed by atoms with van der Waals surface area (Å²) in [6.07, 6.45) is 4.49. The van der Waals surface area contributed by atoms with Crippen molar-refractivity contribution >= 4 is 17.3 Å². The summed E-state index contributed by atoms with van der Waals surface area (Å²) < 4.78 is 26.6. The number of anilines is 1. The molecule has 2 nitrogen and oxygen atoms in total. The molecule has 1 fully saturated rings. The molecule has 0 saturated carbocycles. The summed E-state index contributed by atoms with van der Waals surface area (Å²) in [5, 5.41) is 6.57. The number of benzene rings is 1. The van der Waals surface area contributed by atoms with Gasteiger partial charge >= 0.3 is 0 Å². The average Bonchev–Trinajstić information content (AvgIpc) is 2.35. The summed E-state index contributed by atoms with van der Waals surface area (Å²) in [7, 11) is 0. The van der Waals surface area contributed by atoms with Crippen molar-refractivity contribution in [2.45, 2.75) is 44.7 Å². The Morgan fingerprint density at radius 3 is 2.84 bits per heavy atom. The molecule has 2 rings (SSSR count). The minimum absolute atomic E-state index is 0.0769. The van der Waals surface area contributed by atoms with E-state index in [0.717, 1.165) is 31.5 Å². The Bertz CT molecular complexity index is 410. The molecule has 1 aromatic carbocycles. The number of nitrogens with one attached hydrogen (secondary N) is 2. The lowest BCUT2D eigenvalue weighted by Crippen LogP contribution is -2.37. The molecule has 0 aromatic heterocycles. The highest BCUT2D eigenvalue weighted by molar-refractivity contribution is 6.33. The third-order valence-corrected chi connectivity index (χ3v) is 3.75. The molecule has 0 aliphatic carbocycles. The number of piperidine rings is 1. The normalized spacial score (nSPS) is 21.2. The maximum Gasteiger partial charge on any atom is 0.150 e. The van der Waals surface area contributed by atoms with Crippen LogP contribution in [0.25, 0.3) is 0 Å². The van der Waals surface area contributed by atoms with Crippen LogP contribution in [0.3, 0.4) is 0 Å². The number of hydrogen-bond acceptors (Lipinski definition) is 2. The first-order valence-corrected chi connectivity index (χ1v) is 7.08. The van der Waals surface area contributed by atoms with Crippen molar-refractivity contribution in [2.24, 2.45) is 0 Å². The topological polar surface area (TPSA) is 24.1 Å². The van der Waals surface area contributed by atoms with Gasteiger partial charge in [-0.15, -0.1) is 0 Å². The number of rotatable bonds is 4. The summed E-state index contributed by atoms with van der Waals surface area (Å²) in [4.78, 5) is 0. The van der Waals surface area contributed by atoms with E-state index in [1.165, 1.54) is 12.8 Å². The zero-order chi connectivity index (χ0) is 13.8. The molecule has 2 atom stereocenters. The van der Waals surface area contributed by atoms with Gasteiger partial charge in [0.1, 0.15) is 5.82 Å². The van der Waals surface area contributed by atoms with Gasteiger partial charge in [0.2, 0.25) is 0 Å². The fourth-order valence-corrected chi connectivity index (χ4v) is 2.79. The number of hydrogen-bond donors (Lipinski definition) is 2. The van der Waals surface area contributed by atoms with Gasteiger partial charge in [-0.1, -0.05) is 18.0 Å². The highest BCUT2D eigenvalue weighted by Crippen LogP contribution is 2.27. The highest BCUT2D eigenvalue weighted by atomic mass is 35.5. The highest BCUT2D eigenvalue weighted by Gasteiger charge is 2.18. The van der Waals surface area contributed by atoms with E-state index in [1.807, 2.05) is 6.92 Å². The van der Waals surface area contributed by atoms with E-state index in [0.29, 0.717) is 6.04 Å². The van der Waals surface area contributed by atoms with E-state index in [1.54, 1.807) is 0 Å². The largest absolute Gasteiger partial charge is 0.379 e. The Morgan fingerprint density at radius 2 is 2.21 bits per heavy atom. The third-order valence-electron chi connectivity index (χ3n) is 3.45. The van der Waals surface area contributed by atoms with Crippen LogP contribution in [-0.2, 0) is 0 Å². The second kappa shape index (κ2) is 6.53. The Kier molecular flexibility index (Phi) is 4.99. The van der Waals surface area contributed by atoms with Crippen LogP contribution < -0.4 is 10.6 Å². The minimum atomic E-state index is -0.658. The van der Waals surface area contributed by atoms with Gasteiger partial charge in [0, 0.05) is 18.2 Å². The summed E-state index contributed by atoms with van der Waals surface area (Å²) in [6, 6.07) is 2.50. The van der Waals surface area contributed by atoms with E-state index in [2.05, 4.69) is 10.6 Å². The lowest BCUT2D eigenvalue weighted by molar-refractivity contribution is 0.371. The van der Waals surface area contributed by atoms with Crippen molar-refractivity contribution in [3.8, 4) is 0 Å². The first-order chi connectivity index (χ1) is 9.06. The first kappa shape index (κ1) is 14.5. The molecule has 0 radical (unpaired) electrons. The summed E-state index contributed by atoms with van der Waals surface area (Å²) >= 11 is 5.86. The molecule has 1 aromatic rings. The zero-order valence-electron chi connectivity index (χ0n) is 11.0. The lowest BCUT2D eigenvalue weighted by Gasteiger charge is -2.27. The van der Waals surface area contributed by atoms with E-state index >= 15 is 0 Å². The van der Waals surface area contributed by atoms with Gasteiger partial charge in [0.05, 0.1) is 10.7 Å². The van der Waals surface area contributed by atoms with Gasteiger partial charge in [-0.25, -0.2) is 8.78 Å². The monoisotopic (exact) mass is 288 g/mol.